The van der Waals surface area contributed by atoms with Crippen molar-refractivity contribution in [3.8, 4) is 0 Å². The first-order valence-corrected chi connectivity index (χ1v) is 5.98. The van der Waals surface area contributed by atoms with Crippen LogP contribution in [0.2, 0.25) is 0 Å². The molecule has 0 aromatic heterocycles. The molecule has 1 aromatic carbocycles. The zero-order chi connectivity index (χ0) is 13.0. The number of carbonyl (C=O) groups is 1. The number of benzene rings is 1. The van der Waals surface area contributed by atoms with Gasteiger partial charge < -0.3 is 10.1 Å². The van der Waals surface area contributed by atoms with Crippen molar-refractivity contribution in [2.75, 3.05) is 18.5 Å². The molecule has 1 amide bonds. The molecule has 1 aromatic rings. The second-order valence-electron chi connectivity index (χ2n) is 4.44. The lowest BCUT2D eigenvalue weighted by Crippen LogP contribution is -2.22. The highest BCUT2D eigenvalue weighted by Gasteiger charge is 2.17. The van der Waals surface area contributed by atoms with E-state index in [9.17, 15) is 13.6 Å². The van der Waals surface area contributed by atoms with Crippen LogP contribution >= 0.6 is 0 Å². The molecule has 5 heteroatoms. The Morgan fingerprint density at radius 3 is 2.67 bits per heavy atom. The number of ether oxygens (including phenoxy) is 1. The quantitative estimate of drug-likeness (QED) is 0.901. The van der Waals surface area contributed by atoms with Crippen molar-refractivity contribution >= 4 is 11.6 Å². The summed E-state index contributed by atoms with van der Waals surface area (Å²) in [4.78, 5) is 11.7. The lowest BCUT2D eigenvalue weighted by atomic mass is 9.96. The Labute approximate surface area is 104 Å². The van der Waals surface area contributed by atoms with Crippen LogP contribution < -0.4 is 5.32 Å². The van der Waals surface area contributed by atoms with Gasteiger partial charge in [0, 0.05) is 31.4 Å². The van der Waals surface area contributed by atoms with E-state index < -0.39 is 11.6 Å². The smallest absolute Gasteiger partial charge is 0.224 e. The van der Waals surface area contributed by atoms with Crippen LogP contribution in [0.1, 0.15) is 19.3 Å². The highest BCUT2D eigenvalue weighted by molar-refractivity contribution is 5.90. The van der Waals surface area contributed by atoms with Crippen LogP contribution in [0.15, 0.2) is 18.2 Å². The van der Waals surface area contributed by atoms with E-state index in [1.807, 2.05) is 0 Å². The third kappa shape index (κ3) is 3.50. The van der Waals surface area contributed by atoms with Gasteiger partial charge in [-0.25, -0.2) is 8.78 Å². The molecule has 1 saturated heterocycles. The molecule has 0 saturated carbocycles. The fourth-order valence-corrected chi connectivity index (χ4v) is 2.00. The van der Waals surface area contributed by atoms with E-state index in [0.717, 1.165) is 25.0 Å². The van der Waals surface area contributed by atoms with Crippen molar-refractivity contribution in [2.45, 2.75) is 19.3 Å². The molecule has 98 valence electrons. The molecule has 3 nitrogen and oxygen atoms in total. The summed E-state index contributed by atoms with van der Waals surface area (Å²) in [5.74, 6) is -1.74. The van der Waals surface area contributed by atoms with Gasteiger partial charge in [-0.3, -0.25) is 4.79 Å². The third-order valence-corrected chi connectivity index (χ3v) is 3.02. The number of hydrogen-bond donors (Lipinski definition) is 1. The SMILES string of the molecule is O=C(CC1CCOCC1)Nc1ccc(F)c(F)c1. The van der Waals surface area contributed by atoms with Crippen LogP contribution in [0.5, 0.6) is 0 Å². The van der Waals surface area contributed by atoms with E-state index in [0.29, 0.717) is 25.6 Å². The maximum Gasteiger partial charge on any atom is 0.224 e. The van der Waals surface area contributed by atoms with Crippen LogP contribution in [-0.4, -0.2) is 19.1 Å². The first kappa shape index (κ1) is 13.0. The molecule has 1 aliphatic heterocycles. The maximum absolute atomic E-state index is 12.9. The van der Waals surface area contributed by atoms with Crippen molar-refractivity contribution in [1.82, 2.24) is 0 Å². The molecule has 0 atom stereocenters. The van der Waals surface area contributed by atoms with Gasteiger partial charge in [0.2, 0.25) is 5.91 Å². The monoisotopic (exact) mass is 255 g/mol. The number of halogens is 2. The number of hydrogen-bond acceptors (Lipinski definition) is 2. The Morgan fingerprint density at radius 1 is 1.28 bits per heavy atom. The Morgan fingerprint density at radius 2 is 2.00 bits per heavy atom. The number of amides is 1. The minimum Gasteiger partial charge on any atom is -0.381 e. The second kappa shape index (κ2) is 5.91. The molecule has 1 N–H and O–H groups in total. The largest absolute Gasteiger partial charge is 0.381 e. The number of rotatable bonds is 3. The minimum absolute atomic E-state index is 0.173. The summed E-state index contributed by atoms with van der Waals surface area (Å²) in [7, 11) is 0. The summed E-state index contributed by atoms with van der Waals surface area (Å²) in [5.41, 5.74) is 0.283. The molecule has 18 heavy (non-hydrogen) atoms. The lowest BCUT2D eigenvalue weighted by molar-refractivity contribution is -0.117. The van der Waals surface area contributed by atoms with Crippen LogP contribution in [-0.2, 0) is 9.53 Å². The normalized spacial score (nSPS) is 16.6. The summed E-state index contributed by atoms with van der Waals surface area (Å²) >= 11 is 0. The molecule has 1 fully saturated rings. The van der Waals surface area contributed by atoms with Crippen molar-refractivity contribution in [1.29, 1.82) is 0 Å². The minimum atomic E-state index is -0.959. The van der Waals surface area contributed by atoms with Crippen LogP contribution in [0.4, 0.5) is 14.5 Å². The van der Waals surface area contributed by atoms with Crippen LogP contribution in [0.25, 0.3) is 0 Å². The summed E-state index contributed by atoms with van der Waals surface area (Å²) in [6, 6.07) is 3.33. The Balaban J connectivity index is 1.88. The van der Waals surface area contributed by atoms with Crippen molar-refractivity contribution < 1.29 is 18.3 Å². The molecule has 1 aliphatic rings. The summed E-state index contributed by atoms with van der Waals surface area (Å²) in [6.45, 7) is 1.37. The summed E-state index contributed by atoms with van der Waals surface area (Å²) in [6.07, 6.45) is 2.12. The van der Waals surface area contributed by atoms with Crippen LogP contribution in [0.3, 0.4) is 0 Å². The molecule has 0 bridgehead atoms. The van der Waals surface area contributed by atoms with Gasteiger partial charge in [0.1, 0.15) is 0 Å². The lowest BCUT2D eigenvalue weighted by Gasteiger charge is -2.21. The zero-order valence-corrected chi connectivity index (χ0v) is 9.92. The van der Waals surface area contributed by atoms with E-state index in [1.54, 1.807) is 0 Å². The fraction of sp³-hybridized carbons (Fsp3) is 0.462. The molecule has 0 unspecified atom stereocenters. The topological polar surface area (TPSA) is 38.3 Å². The van der Waals surface area contributed by atoms with E-state index in [2.05, 4.69) is 5.32 Å². The fourth-order valence-electron chi connectivity index (χ4n) is 2.00. The Hall–Kier alpha value is -1.49. The van der Waals surface area contributed by atoms with Crippen molar-refractivity contribution in [2.24, 2.45) is 5.92 Å². The number of carbonyl (C=O) groups excluding carboxylic acids is 1. The van der Waals surface area contributed by atoms with Gasteiger partial charge in [0.25, 0.3) is 0 Å². The number of nitrogens with one attached hydrogen (secondary N) is 1. The highest BCUT2D eigenvalue weighted by Crippen LogP contribution is 2.20. The summed E-state index contributed by atoms with van der Waals surface area (Å²) < 4.78 is 30.9. The predicted molar refractivity (Wildman–Crippen MR) is 63.1 cm³/mol. The average Bonchev–Trinajstić information content (AvgIpc) is 2.35. The molecule has 0 spiro atoms. The van der Waals surface area contributed by atoms with Gasteiger partial charge in [0.15, 0.2) is 11.6 Å². The third-order valence-electron chi connectivity index (χ3n) is 3.02. The molecule has 2 rings (SSSR count). The predicted octanol–water partition coefficient (Wildman–Crippen LogP) is 2.72. The summed E-state index contributed by atoms with van der Waals surface area (Å²) in [5, 5.41) is 2.57. The maximum atomic E-state index is 12.9. The van der Waals surface area contributed by atoms with Gasteiger partial charge in [-0.15, -0.1) is 0 Å². The Kier molecular flexibility index (Phi) is 4.25. The molecular formula is C13H15F2NO2. The average molecular weight is 255 g/mol. The van der Waals surface area contributed by atoms with Gasteiger partial charge >= 0.3 is 0 Å². The van der Waals surface area contributed by atoms with E-state index >= 15 is 0 Å². The molecule has 0 aliphatic carbocycles. The van der Waals surface area contributed by atoms with E-state index in [4.69, 9.17) is 4.74 Å². The van der Waals surface area contributed by atoms with E-state index in [1.165, 1.54) is 6.07 Å². The van der Waals surface area contributed by atoms with Crippen LogP contribution in [0, 0.1) is 17.6 Å². The molecule has 1 heterocycles. The number of anilines is 1. The van der Waals surface area contributed by atoms with Crippen molar-refractivity contribution in [3.63, 3.8) is 0 Å². The first-order chi connectivity index (χ1) is 8.65. The van der Waals surface area contributed by atoms with Crippen molar-refractivity contribution in [3.05, 3.63) is 29.8 Å². The highest BCUT2D eigenvalue weighted by atomic mass is 19.2. The first-order valence-electron chi connectivity index (χ1n) is 5.98. The van der Waals surface area contributed by atoms with Gasteiger partial charge in [-0.05, 0) is 30.9 Å². The van der Waals surface area contributed by atoms with E-state index in [-0.39, 0.29) is 11.6 Å². The second-order valence-corrected chi connectivity index (χ2v) is 4.44. The van der Waals surface area contributed by atoms with Gasteiger partial charge in [-0.1, -0.05) is 0 Å². The zero-order valence-electron chi connectivity index (χ0n) is 9.92. The standard InChI is InChI=1S/C13H15F2NO2/c14-11-2-1-10(8-12(11)15)16-13(17)7-9-3-5-18-6-4-9/h1-2,8-9H,3-7H2,(H,16,17). The van der Waals surface area contributed by atoms with Gasteiger partial charge in [0.05, 0.1) is 0 Å². The van der Waals surface area contributed by atoms with Gasteiger partial charge in [-0.2, -0.15) is 0 Å². The molecular weight excluding hydrogens is 240 g/mol. The Bertz CT molecular complexity index is 431. The molecule has 0 radical (unpaired) electrons.